The normalized spacial score (nSPS) is 28.5. The predicted octanol–water partition coefficient (Wildman–Crippen LogP) is 2.78. The Kier molecular flexibility index (Phi) is 5.49. The van der Waals surface area contributed by atoms with Crippen molar-refractivity contribution in [1.82, 2.24) is 10.2 Å². The maximum absolute atomic E-state index is 10.7. The zero-order chi connectivity index (χ0) is 14.6. The van der Waals surface area contributed by atoms with Crippen molar-refractivity contribution in [3.63, 3.8) is 0 Å². The quantitative estimate of drug-likeness (QED) is 0.832. The van der Waals surface area contributed by atoms with Crippen molar-refractivity contribution < 1.29 is 5.11 Å². The Balaban J connectivity index is 1.78. The Morgan fingerprint density at radius 1 is 1.15 bits per heavy atom. The van der Waals surface area contributed by atoms with Crippen molar-refractivity contribution >= 4 is 0 Å². The number of hydrogen-bond acceptors (Lipinski definition) is 3. The summed E-state index contributed by atoms with van der Waals surface area (Å²) in [4.78, 5) is 2.52. The van der Waals surface area contributed by atoms with Crippen molar-refractivity contribution in [3.8, 4) is 0 Å². The summed E-state index contributed by atoms with van der Waals surface area (Å²) in [6, 6.07) is 0. The summed E-state index contributed by atoms with van der Waals surface area (Å²) in [6.07, 6.45) is 8.35. The molecule has 0 aromatic rings. The summed E-state index contributed by atoms with van der Waals surface area (Å²) < 4.78 is 0. The van der Waals surface area contributed by atoms with Crippen LogP contribution < -0.4 is 5.32 Å². The Bertz CT molecular complexity index is 292. The minimum absolute atomic E-state index is 0.212. The van der Waals surface area contributed by atoms with Gasteiger partial charge in [-0.25, -0.2) is 0 Å². The lowest BCUT2D eigenvalue weighted by Crippen LogP contribution is -2.50. The van der Waals surface area contributed by atoms with Crippen LogP contribution in [0, 0.1) is 5.92 Å². The minimum atomic E-state index is -0.391. The van der Waals surface area contributed by atoms with E-state index in [9.17, 15) is 5.11 Å². The zero-order valence-electron chi connectivity index (χ0n) is 13.7. The molecule has 2 N–H and O–H groups in total. The molecule has 3 nitrogen and oxygen atoms in total. The van der Waals surface area contributed by atoms with Gasteiger partial charge in [-0.15, -0.1) is 0 Å². The highest BCUT2D eigenvalue weighted by atomic mass is 16.3. The number of nitrogens with one attached hydrogen (secondary N) is 1. The van der Waals surface area contributed by atoms with E-state index in [1.807, 2.05) is 0 Å². The van der Waals surface area contributed by atoms with Gasteiger partial charge in [-0.3, -0.25) is 0 Å². The third-order valence-corrected chi connectivity index (χ3v) is 4.83. The predicted molar refractivity (Wildman–Crippen MR) is 85.0 cm³/mol. The summed E-state index contributed by atoms with van der Waals surface area (Å²) in [5.41, 5.74) is -0.179. The molecular weight excluding hydrogens is 248 g/mol. The molecule has 1 saturated heterocycles. The molecule has 2 aliphatic rings. The average molecular weight is 282 g/mol. The Labute approximate surface area is 125 Å². The second-order valence-electron chi connectivity index (χ2n) is 8.16. The van der Waals surface area contributed by atoms with Crippen LogP contribution in [0.4, 0.5) is 0 Å². The van der Waals surface area contributed by atoms with Crippen LogP contribution in [0.15, 0.2) is 0 Å². The number of likely N-dealkylation sites (tertiary alicyclic amines) is 1. The lowest BCUT2D eigenvalue weighted by atomic mass is 9.83. The van der Waals surface area contributed by atoms with E-state index < -0.39 is 5.60 Å². The van der Waals surface area contributed by atoms with E-state index in [2.05, 4.69) is 31.0 Å². The Morgan fingerprint density at radius 2 is 1.85 bits per heavy atom. The highest BCUT2D eigenvalue weighted by molar-refractivity contribution is 4.88. The monoisotopic (exact) mass is 282 g/mol. The molecule has 2 fully saturated rings. The highest BCUT2D eigenvalue weighted by Gasteiger charge is 2.33. The molecule has 0 spiro atoms. The number of nitrogens with zero attached hydrogens (tertiary/aromatic N) is 1. The molecular formula is C17H34N2O. The largest absolute Gasteiger partial charge is 0.389 e. The summed E-state index contributed by atoms with van der Waals surface area (Å²) in [7, 11) is 0. The minimum Gasteiger partial charge on any atom is -0.389 e. The van der Waals surface area contributed by atoms with Crippen molar-refractivity contribution in [2.75, 3.05) is 26.2 Å². The number of hydrogen-bond donors (Lipinski definition) is 2. The van der Waals surface area contributed by atoms with Crippen LogP contribution in [0.25, 0.3) is 0 Å². The van der Waals surface area contributed by atoms with E-state index in [4.69, 9.17) is 0 Å². The molecule has 0 radical (unpaired) electrons. The maximum Gasteiger partial charge on any atom is 0.0774 e. The first-order valence-electron chi connectivity index (χ1n) is 8.56. The fraction of sp³-hybridized carbons (Fsp3) is 1.00. The molecule has 0 aromatic heterocycles. The summed E-state index contributed by atoms with van der Waals surface area (Å²) in [6.45, 7) is 11.0. The van der Waals surface area contributed by atoms with Crippen LogP contribution in [-0.2, 0) is 0 Å². The Hall–Kier alpha value is -0.120. The molecule has 1 saturated carbocycles. The lowest BCUT2D eigenvalue weighted by Gasteiger charge is -2.41. The van der Waals surface area contributed by atoms with Gasteiger partial charge in [0.15, 0.2) is 0 Å². The molecule has 0 bridgehead atoms. The topological polar surface area (TPSA) is 35.5 Å². The van der Waals surface area contributed by atoms with Crippen LogP contribution in [0.2, 0.25) is 0 Å². The SMILES string of the molecule is CC(C)(C)NCC1CCCN(CC2(O)CCCCC2)C1. The van der Waals surface area contributed by atoms with Gasteiger partial charge < -0.3 is 15.3 Å². The first kappa shape index (κ1) is 16.3. The van der Waals surface area contributed by atoms with Gasteiger partial charge in [-0.1, -0.05) is 19.3 Å². The molecule has 1 heterocycles. The van der Waals surface area contributed by atoms with Crippen LogP contribution >= 0.6 is 0 Å². The fourth-order valence-corrected chi connectivity index (χ4v) is 3.70. The van der Waals surface area contributed by atoms with Gasteiger partial charge in [0.05, 0.1) is 5.60 Å². The van der Waals surface area contributed by atoms with Gasteiger partial charge in [0.1, 0.15) is 0 Å². The molecule has 0 aromatic carbocycles. The lowest BCUT2D eigenvalue weighted by molar-refractivity contribution is -0.0345. The zero-order valence-corrected chi connectivity index (χ0v) is 13.7. The first-order chi connectivity index (χ1) is 9.36. The van der Waals surface area contributed by atoms with Gasteiger partial charge in [-0.2, -0.15) is 0 Å². The second kappa shape index (κ2) is 6.76. The standard InChI is InChI=1S/C17H34N2O/c1-16(2,3)18-12-15-8-7-11-19(13-15)14-17(20)9-5-4-6-10-17/h15,18,20H,4-14H2,1-3H3. The maximum atomic E-state index is 10.7. The van der Waals surface area contributed by atoms with Gasteiger partial charge >= 0.3 is 0 Å². The molecule has 1 aliphatic carbocycles. The molecule has 0 amide bonds. The summed E-state index contributed by atoms with van der Waals surface area (Å²) in [5, 5.41) is 14.3. The average Bonchev–Trinajstić information content (AvgIpc) is 2.36. The van der Waals surface area contributed by atoms with E-state index in [1.54, 1.807) is 0 Å². The van der Waals surface area contributed by atoms with Gasteiger partial charge in [-0.05, 0) is 65.5 Å². The van der Waals surface area contributed by atoms with Crippen LogP contribution in [0.3, 0.4) is 0 Å². The Morgan fingerprint density at radius 3 is 2.50 bits per heavy atom. The van der Waals surface area contributed by atoms with Crippen LogP contribution in [0.5, 0.6) is 0 Å². The van der Waals surface area contributed by atoms with Gasteiger partial charge in [0.2, 0.25) is 0 Å². The van der Waals surface area contributed by atoms with Crippen molar-refractivity contribution in [2.24, 2.45) is 5.92 Å². The molecule has 1 atom stereocenters. The van der Waals surface area contributed by atoms with E-state index >= 15 is 0 Å². The van der Waals surface area contributed by atoms with Crippen molar-refractivity contribution in [2.45, 2.75) is 76.9 Å². The van der Waals surface area contributed by atoms with Gasteiger partial charge in [0, 0.05) is 18.6 Å². The number of aliphatic hydroxyl groups is 1. The smallest absolute Gasteiger partial charge is 0.0774 e. The molecule has 20 heavy (non-hydrogen) atoms. The number of piperidine rings is 1. The molecule has 1 aliphatic heterocycles. The van der Waals surface area contributed by atoms with Gasteiger partial charge in [0.25, 0.3) is 0 Å². The van der Waals surface area contributed by atoms with Crippen LogP contribution in [0.1, 0.15) is 65.7 Å². The fourth-order valence-electron chi connectivity index (χ4n) is 3.70. The molecule has 1 unspecified atom stereocenters. The molecule has 2 rings (SSSR count). The van der Waals surface area contributed by atoms with E-state index in [0.29, 0.717) is 0 Å². The third kappa shape index (κ3) is 5.34. The van der Waals surface area contributed by atoms with E-state index in [0.717, 1.165) is 38.4 Å². The van der Waals surface area contributed by atoms with E-state index in [-0.39, 0.29) is 5.54 Å². The van der Waals surface area contributed by atoms with Crippen molar-refractivity contribution in [3.05, 3.63) is 0 Å². The molecule has 118 valence electrons. The van der Waals surface area contributed by atoms with E-state index in [1.165, 1.54) is 38.6 Å². The number of β-amino-alcohol motifs (C(OH)–C–C–N with tert-alkyl or cyclic N) is 1. The molecule has 3 heteroatoms. The number of rotatable bonds is 4. The highest BCUT2D eigenvalue weighted by Crippen LogP contribution is 2.30. The summed E-state index contributed by atoms with van der Waals surface area (Å²) in [5.74, 6) is 0.746. The third-order valence-electron chi connectivity index (χ3n) is 4.83. The first-order valence-corrected chi connectivity index (χ1v) is 8.56. The second-order valence-corrected chi connectivity index (χ2v) is 8.16. The summed E-state index contributed by atoms with van der Waals surface area (Å²) >= 11 is 0. The van der Waals surface area contributed by atoms with Crippen molar-refractivity contribution in [1.29, 1.82) is 0 Å². The van der Waals surface area contributed by atoms with Crippen LogP contribution in [-0.4, -0.2) is 47.3 Å².